The Morgan fingerprint density at radius 2 is 1.41 bits per heavy atom. The first-order valence-corrected chi connectivity index (χ1v) is 11.8. The zero-order valence-electron chi connectivity index (χ0n) is 17.0. The van der Waals surface area contributed by atoms with E-state index in [9.17, 15) is 5.11 Å². The Balaban J connectivity index is 2.16. The molecule has 1 N–H and O–H groups in total. The second-order valence-electron chi connectivity index (χ2n) is 8.94. The number of hydrogen-bond donors (Lipinski definition) is 1. The molecule has 1 fully saturated rings. The molecule has 144 valence electrons. The van der Waals surface area contributed by atoms with Crippen molar-refractivity contribution in [3.63, 3.8) is 0 Å². The number of aliphatic hydroxyl groups is 1. The summed E-state index contributed by atoms with van der Waals surface area (Å²) in [4.78, 5) is 0. The van der Waals surface area contributed by atoms with Gasteiger partial charge in [-0.25, -0.2) is 0 Å². The third kappa shape index (κ3) is 3.82. The van der Waals surface area contributed by atoms with Crippen LogP contribution in [0.2, 0.25) is 5.04 Å². The Morgan fingerprint density at radius 3 is 1.85 bits per heavy atom. The Bertz CT molecular complexity index is 724. The highest BCUT2D eigenvalue weighted by atomic mass is 28.4. The van der Waals surface area contributed by atoms with Crippen LogP contribution in [0.15, 0.2) is 72.8 Å². The molecule has 0 aromatic heterocycles. The lowest BCUT2D eigenvalue weighted by atomic mass is 9.84. The lowest BCUT2D eigenvalue weighted by Crippen LogP contribution is -2.68. The van der Waals surface area contributed by atoms with Crippen LogP contribution < -0.4 is 10.4 Å². The molecule has 0 saturated heterocycles. The van der Waals surface area contributed by atoms with Crippen LogP contribution in [0.25, 0.3) is 0 Å². The van der Waals surface area contributed by atoms with E-state index in [1.165, 1.54) is 10.4 Å². The van der Waals surface area contributed by atoms with Crippen molar-refractivity contribution in [3.8, 4) is 0 Å². The van der Waals surface area contributed by atoms with Crippen molar-refractivity contribution < 1.29 is 9.53 Å². The lowest BCUT2D eigenvalue weighted by molar-refractivity contribution is 0.0832. The predicted octanol–water partition coefficient (Wildman–Crippen LogP) is 4.28. The van der Waals surface area contributed by atoms with Gasteiger partial charge in [-0.15, -0.1) is 0 Å². The van der Waals surface area contributed by atoms with E-state index in [4.69, 9.17) is 4.43 Å². The Labute approximate surface area is 165 Å². The maximum absolute atomic E-state index is 10.5. The maximum Gasteiger partial charge on any atom is 0.261 e. The van der Waals surface area contributed by atoms with E-state index in [0.717, 1.165) is 18.4 Å². The molecule has 0 aliphatic heterocycles. The third-order valence-corrected chi connectivity index (χ3v) is 10.9. The standard InChI is InChI=1S/C24H32O2Si/c1-18-16-22(25)19(2)23(17-18)26-27(24(3,4)5,20-12-8-6-9-13-20)21-14-10-7-11-15-21/h6-15,18,22-23,25H,2,16-17H2,1,3-5H3/t18-,22-,23+/m1/s1. The van der Waals surface area contributed by atoms with Gasteiger partial charge in [0, 0.05) is 0 Å². The lowest BCUT2D eigenvalue weighted by Gasteiger charge is -2.47. The van der Waals surface area contributed by atoms with Crippen LogP contribution in [-0.4, -0.2) is 25.6 Å². The van der Waals surface area contributed by atoms with E-state index >= 15 is 0 Å². The fraction of sp³-hybridized carbons (Fsp3) is 0.417. The summed E-state index contributed by atoms with van der Waals surface area (Å²) in [6.45, 7) is 13.3. The molecule has 3 heteroatoms. The summed E-state index contributed by atoms with van der Waals surface area (Å²) >= 11 is 0. The quantitative estimate of drug-likeness (QED) is 0.634. The SMILES string of the molecule is C=C1[C@H](O)C[C@@H](C)C[C@@H]1O[Si](c1ccccc1)(c1ccccc1)C(C)(C)C. The van der Waals surface area contributed by atoms with E-state index in [2.05, 4.69) is 94.9 Å². The van der Waals surface area contributed by atoms with Crippen LogP contribution >= 0.6 is 0 Å². The van der Waals surface area contributed by atoms with Gasteiger partial charge in [-0.2, -0.15) is 0 Å². The molecule has 0 heterocycles. The van der Waals surface area contributed by atoms with E-state index in [-0.39, 0.29) is 11.1 Å². The summed E-state index contributed by atoms with van der Waals surface area (Å²) in [6.07, 6.45) is 1.10. The van der Waals surface area contributed by atoms with Crippen molar-refractivity contribution in [1.29, 1.82) is 0 Å². The third-order valence-electron chi connectivity index (χ3n) is 5.82. The van der Waals surface area contributed by atoms with Crippen molar-refractivity contribution in [1.82, 2.24) is 0 Å². The molecule has 0 spiro atoms. The predicted molar refractivity (Wildman–Crippen MR) is 116 cm³/mol. The molecule has 0 amide bonds. The zero-order chi connectivity index (χ0) is 19.7. The second kappa shape index (κ2) is 7.74. The summed E-state index contributed by atoms with van der Waals surface area (Å²) in [5, 5.41) is 13.0. The first-order valence-electron chi connectivity index (χ1n) is 9.91. The summed E-state index contributed by atoms with van der Waals surface area (Å²) in [5.41, 5.74) is 0.834. The van der Waals surface area contributed by atoms with Crippen LogP contribution in [0.3, 0.4) is 0 Å². The molecule has 0 unspecified atom stereocenters. The molecular weight excluding hydrogens is 348 g/mol. The first-order chi connectivity index (χ1) is 12.8. The van der Waals surface area contributed by atoms with E-state index in [0.29, 0.717) is 5.92 Å². The minimum atomic E-state index is -2.61. The molecule has 3 rings (SSSR count). The average molecular weight is 381 g/mol. The second-order valence-corrected chi connectivity index (χ2v) is 13.2. The van der Waals surface area contributed by atoms with Gasteiger partial charge in [-0.3, -0.25) is 0 Å². The fourth-order valence-corrected chi connectivity index (χ4v) is 9.08. The molecule has 2 aromatic carbocycles. The van der Waals surface area contributed by atoms with Crippen LogP contribution in [0.5, 0.6) is 0 Å². The van der Waals surface area contributed by atoms with Gasteiger partial charge in [-0.05, 0) is 39.7 Å². The van der Waals surface area contributed by atoms with Crippen LogP contribution in [0.1, 0.15) is 40.5 Å². The first kappa shape index (κ1) is 20.1. The van der Waals surface area contributed by atoms with Gasteiger partial charge in [0.2, 0.25) is 0 Å². The largest absolute Gasteiger partial charge is 0.401 e. The van der Waals surface area contributed by atoms with Crippen molar-refractivity contribution in [2.45, 2.75) is 57.8 Å². The zero-order valence-corrected chi connectivity index (χ0v) is 18.0. The Kier molecular flexibility index (Phi) is 5.75. The highest BCUT2D eigenvalue weighted by molar-refractivity contribution is 6.99. The van der Waals surface area contributed by atoms with Gasteiger partial charge >= 0.3 is 0 Å². The molecule has 1 aliphatic carbocycles. The summed E-state index contributed by atoms with van der Waals surface area (Å²) in [5.74, 6) is 0.425. The van der Waals surface area contributed by atoms with E-state index in [1.54, 1.807) is 0 Å². The summed E-state index contributed by atoms with van der Waals surface area (Å²) < 4.78 is 7.15. The van der Waals surface area contributed by atoms with E-state index < -0.39 is 14.4 Å². The van der Waals surface area contributed by atoms with Gasteiger partial charge in [0.05, 0.1) is 12.2 Å². The molecule has 0 bridgehead atoms. The minimum Gasteiger partial charge on any atom is -0.401 e. The van der Waals surface area contributed by atoms with Gasteiger partial charge in [0.1, 0.15) is 0 Å². The molecule has 2 nitrogen and oxygen atoms in total. The summed E-state index contributed by atoms with van der Waals surface area (Å²) in [7, 11) is -2.61. The van der Waals surface area contributed by atoms with Crippen LogP contribution in [0.4, 0.5) is 0 Å². The van der Waals surface area contributed by atoms with Crippen LogP contribution in [0, 0.1) is 5.92 Å². The molecule has 1 aliphatic rings. The van der Waals surface area contributed by atoms with Gasteiger partial charge < -0.3 is 9.53 Å². The monoisotopic (exact) mass is 380 g/mol. The molecular formula is C24H32O2Si. The molecule has 1 saturated carbocycles. The number of aliphatic hydroxyl groups excluding tert-OH is 1. The van der Waals surface area contributed by atoms with E-state index in [1.807, 2.05) is 0 Å². The fourth-order valence-electron chi connectivity index (χ4n) is 4.39. The van der Waals surface area contributed by atoms with Gasteiger partial charge in [0.25, 0.3) is 8.32 Å². The molecule has 27 heavy (non-hydrogen) atoms. The molecule has 3 atom stereocenters. The topological polar surface area (TPSA) is 29.5 Å². The number of benzene rings is 2. The van der Waals surface area contributed by atoms with Crippen molar-refractivity contribution in [2.24, 2.45) is 5.92 Å². The number of rotatable bonds is 4. The highest BCUT2D eigenvalue weighted by Gasteiger charge is 2.52. The minimum absolute atomic E-state index is 0.0678. The smallest absolute Gasteiger partial charge is 0.261 e. The van der Waals surface area contributed by atoms with Gasteiger partial charge in [-0.1, -0.05) is 94.9 Å². The molecule has 0 radical (unpaired) electrons. The maximum atomic E-state index is 10.5. The van der Waals surface area contributed by atoms with Crippen molar-refractivity contribution >= 4 is 18.7 Å². The van der Waals surface area contributed by atoms with Crippen molar-refractivity contribution in [2.75, 3.05) is 0 Å². The summed E-state index contributed by atoms with van der Waals surface area (Å²) in [6, 6.07) is 21.3. The Hall–Kier alpha value is -1.68. The highest BCUT2D eigenvalue weighted by Crippen LogP contribution is 2.40. The Morgan fingerprint density at radius 1 is 0.926 bits per heavy atom. The molecule has 2 aromatic rings. The average Bonchev–Trinajstić information content (AvgIpc) is 2.64. The van der Waals surface area contributed by atoms with Crippen LogP contribution in [-0.2, 0) is 4.43 Å². The van der Waals surface area contributed by atoms with Crippen molar-refractivity contribution in [3.05, 3.63) is 72.8 Å². The van der Waals surface area contributed by atoms with Gasteiger partial charge in [0.15, 0.2) is 0 Å². The normalized spacial score (nSPS) is 24.0. The number of hydrogen-bond acceptors (Lipinski definition) is 2.